The van der Waals surface area contributed by atoms with Crippen molar-refractivity contribution in [1.29, 1.82) is 0 Å². The first kappa shape index (κ1) is 13.4. The van der Waals surface area contributed by atoms with Gasteiger partial charge in [-0.1, -0.05) is 18.7 Å². The lowest BCUT2D eigenvalue weighted by Crippen LogP contribution is -2.33. The normalized spacial score (nSPS) is 12.9. The van der Waals surface area contributed by atoms with Crippen LogP contribution in [0.4, 0.5) is 0 Å². The number of aliphatic hydroxyl groups is 1. The van der Waals surface area contributed by atoms with Gasteiger partial charge in [0.15, 0.2) is 0 Å². The molecule has 0 amide bonds. The molecule has 0 bridgehead atoms. The Hall–Kier alpha value is -0.660. The van der Waals surface area contributed by atoms with Crippen molar-refractivity contribution in [2.45, 2.75) is 31.0 Å². The molecule has 1 atom stereocenters. The van der Waals surface area contributed by atoms with E-state index in [1.54, 1.807) is 16.4 Å². The van der Waals surface area contributed by atoms with Gasteiger partial charge in [0.25, 0.3) is 0 Å². The van der Waals surface area contributed by atoms with Gasteiger partial charge in [0.05, 0.1) is 0 Å². The number of aryl methyl sites for hydroxylation is 1. The van der Waals surface area contributed by atoms with Crippen LogP contribution in [0.25, 0.3) is 0 Å². The van der Waals surface area contributed by atoms with E-state index < -0.39 is 0 Å². The highest BCUT2D eigenvalue weighted by Gasteiger charge is 2.10. The maximum atomic E-state index is 8.95. The van der Waals surface area contributed by atoms with Crippen LogP contribution in [0.3, 0.4) is 0 Å². The Labute approximate surface area is 99.8 Å². The van der Waals surface area contributed by atoms with Crippen molar-refractivity contribution in [2.75, 3.05) is 18.9 Å². The molecule has 0 fully saturated rings. The largest absolute Gasteiger partial charge is 0.396 e. The third-order valence-corrected chi connectivity index (χ3v) is 3.33. The van der Waals surface area contributed by atoms with Crippen molar-refractivity contribution < 1.29 is 5.11 Å². The lowest BCUT2D eigenvalue weighted by atomic mass is 10.2. The molecule has 0 aliphatic heterocycles. The molecule has 0 radical (unpaired) electrons. The molecule has 0 aliphatic carbocycles. The zero-order chi connectivity index (χ0) is 11.8. The average molecular weight is 245 g/mol. The number of nitrogens with one attached hydrogen (secondary N) is 1. The van der Waals surface area contributed by atoms with Crippen molar-refractivity contribution in [3.63, 3.8) is 0 Å². The van der Waals surface area contributed by atoms with E-state index in [2.05, 4.69) is 27.8 Å². The quantitative estimate of drug-likeness (QED) is 0.630. The fourth-order valence-corrected chi connectivity index (χ4v) is 2.22. The van der Waals surface area contributed by atoms with Gasteiger partial charge in [0.2, 0.25) is 5.16 Å². The summed E-state index contributed by atoms with van der Waals surface area (Å²) in [7, 11) is 1.82. The Morgan fingerprint density at radius 2 is 2.38 bits per heavy atom. The number of rotatable bonds is 8. The first-order valence-electron chi connectivity index (χ1n) is 5.47. The van der Waals surface area contributed by atoms with Gasteiger partial charge in [-0.15, -0.1) is 5.10 Å². The number of hydrogen-bond donors (Lipinski definition) is 2. The van der Waals surface area contributed by atoms with Crippen LogP contribution in [0.15, 0.2) is 5.16 Å². The number of aromatic nitrogens is 4. The zero-order valence-corrected chi connectivity index (χ0v) is 10.6. The summed E-state index contributed by atoms with van der Waals surface area (Å²) in [6.07, 6.45) is 1.86. The van der Waals surface area contributed by atoms with Crippen molar-refractivity contribution in [3.8, 4) is 0 Å². The lowest BCUT2D eigenvalue weighted by Gasteiger charge is -2.16. The molecule has 0 aliphatic rings. The Bertz CT molecular complexity index is 293. The van der Waals surface area contributed by atoms with Crippen LogP contribution >= 0.6 is 11.8 Å². The van der Waals surface area contributed by atoms with Gasteiger partial charge < -0.3 is 10.4 Å². The monoisotopic (exact) mass is 245 g/mol. The minimum absolute atomic E-state index is 0.207. The predicted octanol–water partition coefficient (Wildman–Crippen LogP) is 0.0528. The molecular formula is C9H19N5OS. The van der Waals surface area contributed by atoms with E-state index >= 15 is 0 Å². The summed E-state index contributed by atoms with van der Waals surface area (Å²) in [6, 6.07) is 0.312. The number of tetrazole rings is 1. The Morgan fingerprint density at radius 3 is 2.94 bits per heavy atom. The van der Waals surface area contributed by atoms with E-state index in [4.69, 9.17) is 5.11 Å². The van der Waals surface area contributed by atoms with E-state index in [0.717, 1.165) is 30.3 Å². The Balaban J connectivity index is 2.34. The van der Waals surface area contributed by atoms with E-state index in [0.29, 0.717) is 6.04 Å². The smallest absolute Gasteiger partial charge is 0.209 e. The molecule has 16 heavy (non-hydrogen) atoms. The molecule has 7 heteroatoms. The predicted molar refractivity (Wildman–Crippen MR) is 63.3 cm³/mol. The highest BCUT2D eigenvalue weighted by Crippen LogP contribution is 2.14. The van der Waals surface area contributed by atoms with E-state index in [-0.39, 0.29) is 6.61 Å². The molecule has 1 heterocycles. The topological polar surface area (TPSA) is 75.9 Å². The molecule has 0 spiro atoms. The molecule has 1 aromatic heterocycles. The van der Waals surface area contributed by atoms with Gasteiger partial charge in [-0.25, -0.2) is 4.68 Å². The van der Waals surface area contributed by atoms with Crippen LogP contribution in [0, 0.1) is 0 Å². The van der Waals surface area contributed by atoms with Crippen molar-refractivity contribution in [2.24, 2.45) is 7.05 Å². The van der Waals surface area contributed by atoms with Crippen LogP contribution in [0.5, 0.6) is 0 Å². The van der Waals surface area contributed by atoms with E-state index in [1.165, 1.54) is 0 Å². The summed E-state index contributed by atoms with van der Waals surface area (Å²) >= 11 is 1.61. The highest BCUT2D eigenvalue weighted by molar-refractivity contribution is 7.99. The summed E-state index contributed by atoms with van der Waals surface area (Å²) in [4.78, 5) is 0. The van der Waals surface area contributed by atoms with E-state index in [1.807, 2.05) is 7.05 Å². The fraction of sp³-hybridized carbons (Fsp3) is 0.889. The second-order valence-electron chi connectivity index (χ2n) is 3.56. The van der Waals surface area contributed by atoms with Crippen molar-refractivity contribution in [1.82, 2.24) is 25.5 Å². The van der Waals surface area contributed by atoms with E-state index in [9.17, 15) is 0 Å². The summed E-state index contributed by atoms with van der Waals surface area (Å²) in [5.74, 6) is 0.870. The molecule has 92 valence electrons. The second kappa shape index (κ2) is 7.59. The molecule has 1 rings (SSSR count). The maximum absolute atomic E-state index is 8.95. The fourth-order valence-electron chi connectivity index (χ4n) is 1.27. The molecule has 2 N–H and O–H groups in total. The van der Waals surface area contributed by atoms with Gasteiger partial charge in [0.1, 0.15) is 0 Å². The molecule has 1 unspecified atom stereocenters. The SMILES string of the molecule is CCCNC(CCO)CSc1nnnn1C. The number of aliphatic hydroxyl groups excluding tert-OH is 1. The molecule has 1 aromatic rings. The Kier molecular flexibility index (Phi) is 6.36. The summed E-state index contributed by atoms with van der Waals surface area (Å²) < 4.78 is 1.65. The number of thioether (sulfide) groups is 1. The second-order valence-corrected chi connectivity index (χ2v) is 4.55. The van der Waals surface area contributed by atoms with Gasteiger partial charge in [-0.3, -0.25) is 0 Å². The third kappa shape index (κ3) is 4.46. The third-order valence-electron chi connectivity index (χ3n) is 2.16. The number of nitrogens with zero attached hydrogens (tertiary/aromatic N) is 4. The Morgan fingerprint density at radius 1 is 1.56 bits per heavy atom. The van der Waals surface area contributed by atoms with Crippen molar-refractivity contribution >= 4 is 11.8 Å². The molecule has 0 saturated heterocycles. The molecule has 6 nitrogen and oxygen atoms in total. The molecule has 0 aromatic carbocycles. The summed E-state index contributed by atoms with van der Waals surface area (Å²) in [5, 5.41) is 24.4. The standard InChI is InChI=1S/C9H19N5OS/c1-3-5-10-8(4-6-15)7-16-9-11-12-13-14(9)2/h8,10,15H,3-7H2,1-2H3. The minimum atomic E-state index is 0.207. The van der Waals surface area contributed by atoms with Crippen molar-refractivity contribution in [3.05, 3.63) is 0 Å². The van der Waals surface area contributed by atoms with Crippen LogP contribution in [-0.4, -0.2) is 50.3 Å². The average Bonchev–Trinajstić information content (AvgIpc) is 2.68. The minimum Gasteiger partial charge on any atom is -0.396 e. The van der Waals surface area contributed by atoms with Crippen LogP contribution in [0.1, 0.15) is 19.8 Å². The lowest BCUT2D eigenvalue weighted by molar-refractivity contribution is 0.270. The van der Waals surface area contributed by atoms with Gasteiger partial charge >= 0.3 is 0 Å². The van der Waals surface area contributed by atoms with Gasteiger partial charge in [-0.2, -0.15) is 0 Å². The maximum Gasteiger partial charge on any atom is 0.209 e. The van der Waals surface area contributed by atoms with Crippen LogP contribution in [0.2, 0.25) is 0 Å². The van der Waals surface area contributed by atoms with Gasteiger partial charge in [-0.05, 0) is 29.8 Å². The number of hydrogen-bond acceptors (Lipinski definition) is 6. The van der Waals surface area contributed by atoms with Gasteiger partial charge in [0, 0.05) is 25.4 Å². The zero-order valence-electron chi connectivity index (χ0n) is 9.76. The highest BCUT2D eigenvalue weighted by atomic mass is 32.2. The van der Waals surface area contributed by atoms with Crippen LogP contribution < -0.4 is 5.32 Å². The van der Waals surface area contributed by atoms with Crippen LogP contribution in [-0.2, 0) is 7.05 Å². The molecular weight excluding hydrogens is 226 g/mol. The summed E-state index contributed by atoms with van der Waals surface area (Å²) in [6.45, 7) is 3.31. The summed E-state index contributed by atoms with van der Waals surface area (Å²) in [5.41, 5.74) is 0. The molecule has 0 saturated carbocycles. The first-order chi connectivity index (χ1) is 7.77. The first-order valence-corrected chi connectivity index (χ1v) is 6.45.